The van der Waals surface area contributed by atoms with Crippen molar-refractivity contribution in [3.63, 3.8) is 0 Å². The number of hydrogen-bond acceptors (Lipinski definition) is 9. The van der Waals surface area contributed by atoms with Crippen LogP contribution in [0.1, 0.15) is 36.9 Å². The van der Waals surface area contributed by atoms with E-state index in [9.17, 15) is 10.1 Å². The third-order valence-corrected chi connectivity index (χ3v) is 11.1. The first kappa shape index (κ1) is 30.4. The van der Waals surface area contributed by atoms with Crippen molar-refractivity contribution in [3.05, 3.63) is 65.3 Å². The van der Waals surface area contributed by atoms with Crippen LogP contribution in [0.2, 0.25) is 5.02 Å². The summed E-state index contributed by atoms with van der Waals surface area (Å²) in [6.45, 7) is 10.2. The van der Waals surface area contributed by atoms with Crippen molar-refractivity contribution in [2.24, 2.45) is 5.41 Å². The summed E-state index contributed by atoms with van der Waals surface area (Å²) in [6.07, 6.45) is 6.15. The third kappa shape index (κ3) is 5.79. The first-order valence-electron chi connectivity index (χ1n) is 16.8. The summed E-state index contributed by atoms with van der Waals surface area (Å²) in [4.78, 5) is 31.7. The van der Waals surface area contributed by atoms with Crippen LogP contribution >= 0.6 is 11.6 Å². The first-order valence-corrected chi connectivity index (χ1v) is 17.2. The molecule has 4 aliphatic heterocycles. The van der Waals surface area contributed by atoms with E-state index in [4.69, 9.17) is 31.0 Å². The Labute approximate surface area is 280 Å². The van der Waals surface area contributed by atoms with Gasteiger partial charge in [0.1, 0.15) is 5.82 Å². The van der Waals surface area contributed by atoms with Crippen LogP contribution in [0, 0.1) is 16.7 Å². The van der Waals surface area contributed by atoms with Gasteiger partial charge in [0.15, 0.2) is 0 Å². The molecular weight excluding hydrogens is 614 g/mol. The number of aromatic nitrogens is 2. The van der Waals surface area contributed by atoms with Crippen LogP contribution in [0.15, 0.2) is 49.1 Å². The average Bonchev–Trinajstić information content (AvgIpc) is 3.52. The van der Waals surface area contributed by atoms with Gasteiger partial charge in [-0.2, -0.15) is 15.2 Å². The van der Waals surface area contributed by atoms with Crippen LogP contribution in [0.25, 0.3) is 10.8 Å². The fourth-order valence-electron chi connectivity index (χ4n) is 8.04. The second kappa shape index (κ2) is 12.3. The summed E-state index contributed by atoms with van der Waals surface area (Å²) >= 11 is 6.74. The molecule has 47 heavy (non-hydrogen) atoms. The Kier molecular flexibility index (Phi) is 7.95. The molecule has 11 heteroatoms. The number of ether oxygens (including phenoxy) is 2. The zero-order chi connectivity index (χ0) is 32.1. The minimum Gasteiger partial charge on any atom is -0.463 e. The standard InChI is InChI=1S/C36H40ClN7O3/c1-2-32(45)44-16-15-42(18-25(44)9-13-38)34-28-10-14-41(31-8-4-6-24-5-3-7-29(37)33(24)31)20-30(28)39-35(40-34)47-23-36(11-12-36)22-43-19-27-17-26(43)21-46-27/h2-8,25-27H,1,9-12,14-23H2/t25?,26-,27-/m1/s1. The van der Waals surface area contributed by atoms with Crippen molar-refractivity contribution in [3.8, 4) is 12.1 Å². The van der Waals surface area contributed by atoms with Crippen molar-refractivity contribution in [2.75, 3.05) is 62.3 Å². The number of rotatable bonds is 9. The number of anilines is 2. The summed E-state index contributed by atoms with van der Waals surface area (Å²) in [5, 5.41) is 12.5. The zero-order valence-corrected chi connectivity index (χ0v) is 27.4. The number of fused-ring (bicyclic) bond motifs is 4. The lowest BCUT2D eigenvalue weighted by atomic mass is 10.0. The molecule has 0 spiro atoms. The SMILES string of the molecule is C=CC(=O)N1CCN(c2nc(OCC3(CN4C[C@H]5C[C@@H]4CO5)CC3)nc3c2CCN(c2cccc4cccc(Cl)c24)C3)CC1CC#N. The van der Waals surface area contributed by atoms with Gasteiger partial charge in [0.05, 0.1) is 55.1 Å². The van der Waals surface area contributed by atoms with E-state index in [1.165, 1.54) is 6.08 Å². The Balaban J connectivity index is 1.09. The molecule has 1 amide bonds. The quantitative estimate of drug-likeness (QED) is 0.307. The summed E-state index contributed by atoms with van der Waals surface area (Å²) < 4.78 is 12.4. The maximum Gasteiger partial charge on any atom is 0.318 e. The van der Waals surface area contributed by atoms with Gasteiger partial charge in [0, 0.05) is 67.4 Å². The van der Waals surface area contributed by atoms with Gasteiger partial charge in [-0.15, -0.1) is 0 Å². The number of benzene rings is 2. The maximum absolute atomic E-state index is 12.6. The van der Waals surface area contributed by atoms with Crippen LogP contribution in [0.5, 0.6) is 6.01 Å². The Hall–Kier alpha value is -3.91. The molecule has 1 unspecified atom stereocenters. The van der Waals surface area contributed by atoms with E-state index in [0.717, 1.165) is 90.5 Å². The molecular formula is C36H40ClN7O3. The number of carbonyl (C=O) groups excluding carboxylic acids is 1. The second-order valence-electron chi connectivity index (χ2n) is 13.8. The number of nitriles is 1. The van der Waals surface area contributed by atoms with E-state index in [2.05, 4.69) is 51.6 Å². The van der Waals surface area contributed by atoms with E-state index >= 15 is 0 Å². The van der Waals surface area contributed by atoms with E-state index < -0.39 is 0 Å². The Morgan fingerprint density at radius 3 is 2.74 bits per heavy atom. The smallest absolute Gasteiger partial charge is 0.318 e. The summed E-state index contributed by atoms with van der Waals surface area (Å²) in [7, 11) is 0. The predicted molar refractivity (Wildman–Crippen MR) is 181 cm³/mol. The fraction of sp³-hybridized carbons (Fsp3) is 0.500. The van der Waals surface area contributed by atoms with Gasteiger partial charge in [0.25, 0.3) is 0 Å². The topological polar surface area (TPSA) is 98.1 Å². The number of hydrogen-bond donors (Lipinski definition) is 0. The maximum atomic E-state index is 12.6. The Morgan fingerprint density at radius 1 is 1.15 bits per heavy atom. The highest BCUT2D eigenvalue weighted by Crippen LogP contribution is 2.48. The van der Waals surface area contributed by atoms with Gasteiger partial charge in [-0.3, -0.25) is 9.69 Å². The van der Waals surface area contributed by atoms with E-state index in [1.54, 1.807) is 4.90 Å². The molecule has 5 heterocycles. The van der Waals surface area contributed by atoms with Crippen LogP contribution in [0.4, 0.5) is 11.5 Å². The normalized spacial score (nSPS) is 24.7. The summed E-state index contributed by atoms with van der Waals surface area (Å²) in [5.74, 6) is 0.712. The van der Waals surface area contributed by atoms with Crippen molar-refractivity contribution in [1.82, 2.24) is 19.8 Å². The van der Waals surface area contributed by atoms with Crippen LogP contribution in [0.3, 0.4) is 0 Å². The molecule has 244 valence electrons. The molecule has 5 aliphatic rings. The van der Waals surface area contributed by atoms with Crippen molar-refractivity contribution < 1.29 is 14.3 Å². The molecule has 3 aromatic rings. The second-order valence-corrected chi connectivity index (χ2v) is 14.2. The molecule has 4 fully saturated rings. The molecule has 0 radical (unpaired) electrons. The van der Waals surface area contributed by atoms with Gasteiger partial charge < -0.3 is 24.2 Å². The first-order chi connectivity index (χ1) is 22.9. The highest BCUT2D eigenvalue weighted by atomic mass is 35.5. The average molecular weight is 654 g/mol. The van der Waals surface area contributed by atoms with E-state index in [0.29, 0.717) is 50.9 Å². The molecule has 1 aliphatic carbocycles. The van der Waals surface area contributed by atoms with E-state index in [-0.39, 0.29) is 23.8 Å². The van der Waals surface area contributed by atoms with Crippen molar-refractivity contribution >= 4 is 39.8 Å². The zero-order valence-electron chi connectivity index (χ0n) is 26.6. The summed E-state index contributed by atoms with van der Waals surface area (Å²) in [5.41, 5.74) is 3.27. The highest BCUT2D eigenvalue weighted by molar-refractivity contribution is 6.36. The van der Waals surface area contributed by atoms with Crippen LogP contribution < -0.4 is 14.5 Å². The molecule has 1 saturated carbocycles. The Bertz CT molecular complexity index is 1750. The van der Waals surface area contributed by atoms with Crippen LogP contribution in [-0.2, 0) is 22.5 Å². The molecule has 2 bridgehead atoms. The number of nitrogens with zero attached hydrogens (tertiary/aromatic N) is 7. The molecule has 0 N–H and O–H groups in total. The highest BCUT2D eigenvalue weighted by Gasteiger charge is 2.49. The third-order valence-electron chi connectivity index (χ3n) is 10.8. The minimum absolute atomic E-state index is 0.129. The fourth-order valence-corrected chi connectivity index (χ4v) is 8.32. The Morgan fingerprint density at radius 2 is 2.00 bits per heavy atom. The number of amides is 1. The number of piperazine rings is 1. The van der Waals surface area contributed by atoms with Gasteiger partial charge in [-0.05, 0) is 49.3 Å². The van der Waals surface area contributed by atoms with Gasteiger partial charge in [-0.1, -0.05) is 42.4 Å². The number of halogens is 1. The van der Waals surface area contributed by atoms with Gasteiger partial charge in [-0.25, -0.2) is 0 Å². The van der Waals surface area contributed by atoms with E-state index in [1.807, 2.05) is 12.1 Å². The number of likely N-dealkylation sites (tertiary alicyclic amines) is 1. The number of carbonyl (C=O) groups is 1. The lowest BCUT2D eigenvalue weighted by Crippen LogP contribution is -2.55. The molecule has 8 rings (SSSR count). The monoisotopic (exact) mass is 653 g/mol. The van der Waals surface area contributed by atoms with Gasteiger partial charge >= 0.3 is 6.01 Å². The molecule has 10 nitrogen and oxygen atoms in total. The summed E-state index contributed by atoms with van der Waals surface area (Å²) in [6, 6.07) is 15.3. The van der Waals surface area contributed by atoms with Crippen molar-refractivity contribution in [2.45, 2.75) is 56.8 Å². The lowest BCUT2D eigenvalue weighted by molar-refractivity contribution is -0.128. The predicted octanol–water partition coefficient (Wildman–Crippen LogP) is 4.59. The number of morpholine rings is 1. The minimum atomic E-state index is -0.248. The largest absolute Gasteiger partial charge is 0.463 e. The molecule has 2 aromatic carbocycles. The molecule has 3 saturated heterocycles. The lowest BCUT2D eigenvalue weighted by Gasteiger charge is -2.42. The van der Waals surface area contributed by atoms with Crippen molar-refractivity contribution in [1.29, 1.82) is 5.26 Å². The van der Waals surface area contributed by atoms with Gasteiger partial charge in [0.2, 0.25) is 5.91 Å². The van der Waals surface area contributed by atoms with Crippen LogP contribution in [-0.4, -0.2) is 96.3 Å². The molecule has 3 atom stereocenters. The molecule has 1 aromatic heterocycles.